The van der Waals surface area contributed by atoms with Crippen molar-refractivity contribution in [2.45, 2.75) is 13.5 Å². The third-order valence-corrected chi connectivity index (χ3v) is 5.14. The molecule has 26 heavy (non-hydrogen) atoms. The van der Waals surface area contributed by atoms with Crippen molar-refractivity contribution in [2.24, 2.45) is 0 Å². The van der Waals surface area contributed by atoms with Crippen LogP contribution in [0.15, 0.2) is 58.7 Å². The minimum Gasteiger partial charge on any atom is -0.292 e. The molecule has 0 bridgehead atoms. The van der Waals surface area contributed by atoms with E-state index >= 15 is 0 Å². The summed E-state index contributed by atoms with van der Waals surface area (Å²) in [6.07, 6.45) is 0. The summed E-state index contributed by atoms with van der Waals surface area (Å²) in [6.45, 7) is 2.00. The Labute approximate surface area is 152 Å². The van der Waals surface area contributed by atoms with Crippen molar-refractivity contribution in [1.29, 1.82) is 0 Å². The van der Waals surface area contributed by atoms with Crippen LogP contribution in [-0.4, -0.2) is 9.55 Å². The van der Waals surface area contributed by atoms with Crippen LogP contribution in [-0.2, 0) is 6.54 Å². The zero-order valence-corrected chi connectivity index (χ0v) is 14.7. The highest BCUT2D eigenvalue weighted by Crippen LogP contribution is 2.31. The Morgan fingerprint density at radius 1 is 1.08 bits per heavy atom. The predicted octanol–water partition coefficient (Wildman–Crippen LogP) is 4.76. The Balaban J connectivity index is 1.88. The Hall–Kier alpha value is -2.86. The summed E-state index contributed by atoms with van der Waals surface area (Å²) in [5.74, 6) is -0.102. The van der Waals surface area contributed by atoms with Gasteiger partial charge in [-0.15, -0.1) is 11.3 Å². The second-order valence-corrected chi connectivity index (χ2v) is 6.87. The summed E-state index contributed by atoms with van der Waals surface area (Å²) >= 11 is 1.38. The average Bonchev–Trinajstić information content (AvgIpc) is 3.03. The number of thiophene rings is 1. The van der Waals surface area contributed by atoms with Crippen molar-refractivity contribution in [2.75, 3.05) is 0 Å². The highest BCUT2D eigenvalue weighted by atomic mass is 32.1. The molecule has 4 aromatic rings. The molecular weight excluding hydrogens is 354 g/mol. The van der Waals surface area contributed by atoms with E-state index in [-0.39, 0.29) is 23.7 Å². The molecule has 0 aliphatic carbocycles. The van der Waals surface area contributed by atoms with E-state index in [1.807, 2.05) is 5.38 Å². The van der Waals surface area contributed by atoms with Crippen LogP contribution in [0.1, 0.15) is 11.4 Å². The van der Waals surface area contributed by atoms with E-state index in [0.717, 1.165) is 11.1 Å². The van der Waals surface area contributed by atoms with Crippen molar-refractivity contribution >= 4 is 21.6 Å². The Morgan fingerprint density at radius 3 is 2.58 bits per heavy atom. The van der Waals surface area contributed by atoms with Crippen LogP contribution < -0.4 is 5.56 Å². The fourth-order valence-electron chi connectivity index (χ4n) is 2.97. The quantitative estimate of drug-likeness (QED) is 0.523. The fraction of sp³-hybridized carbons (Fsp3) is 0.100. The van der Waals surface area contributed by atoms with Crippen LogP contribution >= 0.6 is 11.3 Å². The molecule has 0 saturated carbocycles. The van der Waals surface area contributed by atoms with Gasteiger partial charge in [0.2, 0.25) is 0 Å². The molecule has 0 saturated heterocycles. The van der Waals surface area contributed by atoms with Gasteiger partial charge >= 0.3 is 0 Å². The first-order valence-electron chi connectivity index (χ1n) is 8.02. The van der Waals surface area contributed by atoms with Crippen LogP contribution in [0.25, 0.3) is 21.3 Å². The lowest BCUT2D eigenvalue weighted by molar-refractivity contribution is 0.621. The van der Waals surface area contributed by atoms with Crippen molar-refractivity contribution in [3.63, 3.8) is 0 Å². The predicted molar refractivity (Wildman–Crippen MR) is 99.5 cm³/mol. The molecule has 2 aromatic carbocycles. The molecule has 6 heteroatoms. The standard InChI is InChI=1S/C20H14F2N2OS/c1-12-23-19-18(17(11-26-19)14-5-7-15(21)8-6-14)20(25)24(12)10-13-3-2-4-16(22)9-13/h2-9,11H,10H2,1H3. The summed E-state index contributed by atoms with van der Waals surface area (Å²) in [5, 5.41) is 2.36. The van der Waals surface area contributed by atoms with Crippen LogP contribution in [0.3, 0.4) is 0 Å². The van der Waals surface area contributed by atoms with Crippen molar-refractivity contribution in [3.8, 4) is 11.1 Å². The summed E-state index contributed by atoms with van der Waals surface area (Å²) in [6, 6.07) is 12.2. The van der Waals surface area contributed by atoms with Crippen molar-refractivity contribution in [1.82, 2.24) is 9.55 Å². The molecule has 0 N–H and O–H groups in total. The fourth-order valence-corrected chi connectivity index (χ4v) is 3.96. The molecule has 2 heterocycles. The summed E-state index contributed by atoms with van der Waals surface area (Å²) in [7, 11) is 0. The lowest BCUT2D eigenvalue weighted by Gasteiger charge is -2.10. The van der Waals surface area contributed by atoms with Gasteiger partial charge in [-0.05, 0) is 42.3 Å². The molecule has 0 atom stereocenters. The molecule has 0 aliphatic rings. The number of fused-ring (bicyclic) bond motifs is 1. The summed E-state index contributed by atoms with van der Waals surface area (Å²) in [4.78, 5) is 18.3. The van der Waals surface area contributed by atoms with Gasteiger partial charge in [-0.1, -0.05) is 24.3 Å². The number of hydrogen-bond acceptors (Lipinski definition) is 3. The van der Waals surface area contributed by atoms with E-state index in [9.17, 15) is 13.6 Å². The smallest absolute Gasteiger partial charge is 0.263 e. The number of aromatic nitrogens is 2. The lowest BCUT2D eigenvalue weighted by Crippen LogP contribution is -2.24. The molecule has 3 nitrogen and oxygen atoms in total. The normalized spacial score (nSPS) is 11.2. The molecule has 0 amide bonds. The van der Waals surface area contributed by atoms with E-state index in [4.69, 9.17) is 0 Å². The van der Waals surface area contributed by atoms with Gasteiger partial charge in [0.25, 0.3) is 5.56 Å². The van der Waals surface area contributed by atoms with Gasteiger partial charge in [-0.3, -0.25) is 9.36 Å². The Bertz CT molecular complexity index is 1160. The summed E-state index contributed by atoms with van der Waals surface area (Å²) < 4.78 is 28.2. The van der Waals surface area contributed by atoms with Gasteiger partial charge in [0.1, 0.15) is 22.3 Å². The Morgan fingerprint density at radius 2 is 1.85 bits per heavy atom. The van der Waals surface area contributed by atoms with Crippen LogP contribution in [0.2, 0.25) is 0 Å². The molecular formula is C20H14F2N2OS. The van der Waals surface area contributed by atoms with Gasteiger partial charge in [0.05, 0.1) is 11.9 Å². The van der Waals surface area contributed by atoms with Gasteiger partial charge in [0.15, 0.2) is 0 Å². The third kappa shape index (κ3) is 2.93. The number of benzene rings is 2. The van der Waals surface area contributed by atoms with Gasteiger partial charge in [0, 0.05) is 10.9 Å². The first kappa shape index (κ1) is 16.6. The monoisotopic (exact) mass is 368 g/mol. The maximum absolute atomic E-state index is 13.5. The number of aryl methyl sites for hydroxylation is 1. The molecule has 130 valence electrons. The third-order valence-electron chi connectivity index (χ3n) is 4.27. The molecule has 4 rings (SSSR count). The second kappa shape index (κ2) is 6.46. The molecule has 0 spiro atoms. The highest BCUT2D eigenvalue weighted by Gasteiger charge is 2.16. The van der Waals surface area contributed by atoms with Crippen LogP contribution in [0.5, 0.6) is 0 Å². The van der Waals surface area contributed by atoms with Crippen LogP contribution in [0, 0.1) is 18.6 Å². The Kier molecular flexibility index (Phi) is 4.12. The van der Waals surface area contributed by atoms with Gasteiger partial charge < -0.3 is 0 Å². The number of nitrogens with zero attached hydrogens (tertiary/aromatic N) is 2. The van der Waals surface area contributed by atoms with Crippen molar-refractivity contribution in [3.05, 3.63) is 87.3 Å². The van der Waals surface area contributed by atoms with E-state index < -0.39 is 0 Å². The number of rotatable bonds is 3. The zero-order chi connectivity index (χ0) is 18.3. The molecule has 2 aromatic heterocycles. The minimum absolute atomic E-state index is 0.183. The van der Waals surface area contributed by atoms with E-state index in [1.54, 1.807) is 31.2 Å². The zero-order valence-electron chi connectivity index (χ0n) is 13.9. The van der Waals surface area contributed by atoms with Crippen molar-refractivity contribution < 1.29 is 8.78 Å². The first-order valence-corrected chi connectivity index (χ1v) is 8.90. The average molecular weight is 368 g/mol. The largest absolute Gasteiger partial charge is 0.292 e. The SMILES string of the molecule is Cc1nc2scc(-c3ccc(F)cc3)c2c(=O)n1Cc1cccc(F)c1. The highest BCUT2D eigenvalue weighted by molar-refractivity contribution is 7.17. The first-order chi connectivity index (χ1) is 12.5. The van der Waals surface area contributed by atoms with E-state index in [1.165, 1.54) is 40.2 Å². The molecule has 0 aliphatic heterocycles. The number of halogens is 2. The van der Waals surface area contributed by atoms with Gasteiger partial charge in [-0.25, -0.2) is 13.8 Å². The lowest BCUT2D eigenvalue weighted by atomic mass is 10.1. The molecule has 0 radical (unpaired) electrons. The topological polar surface area (TPSA) is 34.9 Å². The maximum atomic E-state index is 13.5. The molecule has 0 fully saturated rings. The van der Waals surface area contributed by atoms with Crippen LogP contribution in [0.4, 0.5) is 8.78 Å². The van der Waals surface area contributed by atoms with E-state index in [2.05, 4.69) is 4.98 Å². The minimum atomic E-state index is -0.343. The van der Waals surface area contributed by atoms with E-state index in [0.29, 0.717) is 21.6 Å². The maximum Gasteiger partial charge on any atom is 0.263 e. The molecule has 0 unspecified atom stereocenters. The number of hydrogen-bond donors (Lipinski definition) is 0. The second-order valence-electron chi connectivity index (χ2n) is 6.02. The van der Waals surface area contributed by atoms with Gasteiger partial charge in [-0.2, -0.15) is 0 Å². The summed E-state index contributed by atoms with van der Waals surface area (Å²) in [5.41, 5.74) is 2.00.